The van der Waals surface area contributed by atoms with E-state index in [0.29, 0.717) is 6.42 Å². The second-order valence-electron chi connectivity index (χ2n) is 6.93. The standard InChI is InChI=1S/C22H29N3O/c1-3-22(26)25(21-12-8-5-9-13-21)19(2)18-23-14-16-24(17-15-23)20-10-6-4-7-11-20/h4-13,19H,3,14-18H2,1-2H3. The zero-order valence-electron chi connectivity index (χ0n) is 15.8. The van der Waals surface area contributed by atoms with Gasteiger partial charge in [-0.25, -0.2) is 0 Å². The van der Waals surface area contributed by atoms with E-state index in [4.69, 9.17) is 0 Å². The highest BCUT2D eigenvalue weighted by molar-refractivity contribution is 5.93. The van der Waals surface area contributed by atoms with E-state index < -0.39 is 0 Å². The highest BCUT2D eigenvalue weighted by atomic mass is 16.2. The van der Waals surface area contributed by atoms with E-state index in [1.54, 1.807) is 0 Å². The third kappa shape index (κ3) is 4.44. The Morgan fingerprint density at radius 2 is 1.54 bits per heavy atom. The maximum Gasteiger partial charge on any atom is 0.226 e. The minimum atomic E-state index is 0.160. The lowest BCUT2D eigenvalue weighted by Crippen LogP contribution is -2.52. The molecule has 1 fully saturated rings. The number of rotatable bonds is 6. The molecular formula is C22H29N3O. The third-order valence-electron chi connectivity index (χ3n) is 5.06. The third-order valence-corrected chi connectivity index (χ3v) is 5.06. The molecular weight excluding hydrogens is 322 g/mol. The second kappa shape index (κ2) is 8.86. The maximum atomic E-state index is 12.5. The molecule has 0 radical (unpaired) electrons. The summed E-state index contributed by atoms with van der Waals surface area (Å²) in [6.45, 7) is 9.12. The number of amides is 1. The molecule has 2 aromatic carbocycles. The van der Waals surface area contributed by atoms with E-state index in [-0.39, 0.29) is 11.9 Å². The van der Waals surface area contributed by atoms with Crippen LogP contribution in [0, 0.1) is 0 Å². The summed E-state index contributed by atoms with van der Waals surface area (Å²) in [6, 6.07) is 20.8. The molecule has 4 nitrogen and oxygen atoms in total. The number of piperazine rings is 1. The van der Waals surface area contributed by atoms with E-state index in [2.05, 4.69) is 47.1 Å². The first-order valence-electron chi connectivity index (χ1n) is 9.58. The van der Waals surface area contributed by atoms with Crippen molar-refractivity contribution in [1.82, 2.24) is 4.90 Å². The van der Waals surface area contributed by atoms with Crippen LogP contribution < -0.4 is 9.80 Å². The Kier molecular flexibility index (Phi) is 6.29. The molecule has 1 unspecified atom stereocenters. The second-order valence-corrected chi connectivity index (χ2v) is 6.93. The van der Waals surface area contributed by atoms with Crippen molar-refractivity contribution in [2.45, 2.75) is 26.3 Å². The topological polar surface area (TPSA) is 26.8 Å². The van der Waals surface area contributed by atoms with E-state index in [0.717, 1.165) is 38.4 Å². The minimum Gasteiger partial charge on any atom is -0.369 e. The summed E-state index contributed by atoms with van der Waals surface area (Å²) in [5.41, 5.74) is 2.29. The van der Waals surface area contributed by atoms with E-state index in [9.17, 15) is 4.79 Å². The molecule has 26 heavy (non-hydrogen) atoms. The summed E-state index contributed by atoms with van der Waals surface area (Å²) in [6.07, 6.45) is 0.529. The monoisotopic (exact) mass is 351 g/mol. The van der Waals surface area contributed by atoms with Gasteiger partial charge in [-0.3, -0.25) is 9.69 Å². The lowest BCUT2D eigenvalue weighted by Gasteiger charge is -2.39. The Morgan fingerprint density at radius 1 is 0.962 bits per heavy atom. The normalized spacial score (nSPS) is 16.3. The smallest absolute Gasteiger partial charge is 0.226 e. The number of carbonyl (C=O) groups is 1. The molecule has 0 saturated carbocycles. The van der Waals surface area contributed by atoms with Crippen molar-refractivity contribution in [3.8, 4) is 0 Å². The Hall–Kier alpha value is -2.33. The van der Waals surface area contributed by atoms with Crippen LogP contribution in [-0.4, -0.2) is 49.6 Å². The van der Waals surface area contributed by atoms with Gasteiger partial charge < -0.3 is 9.80 Å². The van der Waals surface area contributed by atoms with Gasteiger partial charge in [0.2, 0.25) is 5.91 Å². The fraction of sp³-hybridized carbons (Fsp3) is 0.409. The van der Waals surface area contributed by atoms with Crippen LogP contribution in [0.3, 0.4) is 0 Å². The van der Waals surface area contributed by atoms with Gasteiger partial charge in [0.1, 0.15) is 0 Å². The number of para-hydroxylation sites is 2. The lowest BCUT2D eigenvalue weighted by molar-refractivity contribution is -0.118. The van der Waals surface area contributed by atoms with Crippen molar-refractivity contribution < 1.29 is 4.79 Å². The number of hydrogen-bond donors (Lipinski definition) is 0. The first-order valence-corrected chi connectivity index (χ1v) is 9.58. The molecule has 0 bridgehead atoms. The zero-order chi connectivity index (χ0) is 18.4. The van der Waals surface area contributed by atoms with Crippen LogP contribution in [0.5, 0.6) is 0 Å². The van der Waals surface area contributed by atoms with Gasteiger partial charge in [0.15, 0.2) is 0 Å². The molecule has 0 aromatic heterocycles. The number of hydrogen-bond acceptors (Lipinski definition) is 3. The molecule has 1 heterocycles. The van der Waals surface area contributed by atoms with E-state index >= 15 is 0 Å². The van der Waals surface area contributed by atoms with E-state index in [1.165, 1.54) is 5.69 Å². The van der Waals surface area contributed by atoms with Crippen LogP contribution >= 0.6 is 0 Å². The van der Waals surface area contributed by atoms with Crippen molar-refractivity contribution in [1.29, 1.82) is 0 Å². The number of anilines is 2. The number of nitrogens with zero attached hydrogens (tertiary/aromatic N) is 3. The van der Waals surface area contributed by atoms with Gasteiger partial charge >= 0.3 is 0 Å². The quantitative estimate of drug-likeness (QED) is 0.795. The molecule has 1 atom stereocenters. The SMILES string of the molecule is CCC(=O)N(c1ccccc1)C(C)CN1CCN(c2ccccc2)CC1. The summed E-state index contributed by atoms with van der Waals surface area (Å²) in [7, 11) is 0. The Bertz CT molecular complexity index is 681. The first-order chi connectivity index (χ1) is 12.7. The van der Waals surface area contributed by atoms with Crippen LogP contribution in [0.25, 0.3) is 0 Å². The Balaban J connectivity index is 1.60. The lowest BCUT2D eigenvalue weighted by atomic mass is 10.1. The van der Waals surface area contributed by atoms with Crippen molar-refractivity contribution in [3.05, 3.63) is 60.7 Å². The van der Waals surface area contributed by atoms with Crippen molar-refractivity contribution in [2.24, 2.45) is 0 Å². The molecule has 0 spiro atoms. The molecule has 138 valence electrons. The summed E-state index contributed by atoms with van der Waals surface area (Å²) >= 11 is 0. The largest absolute Gasteiger partial charge is 0.369 e. The van der Waals surface area contributed by atoms with Crippen LogP contribution in [-0.2, 0) is 4.79 Å². The van der Waals surface area contributed by atoms with E-state index in [1.807, 2.05) is 42.2 Å². The fourth-order valence-corrected chi connectivity index (χ4v) is 3.69. The molecule has 2 aromatic rings. The summed E-state index contributed by atoms with van der Waals surface area (Å²) in [5, 5.41) is 0. The summed E-state index contributed by atoms with van der Waals surface area (Å²) in [5.74, 6) is 0.187. The molecule has 1 aliphatic rings. The van der Waals surface area contributed by atoms with Gasteiger partial charge in [0.05, 0.1) is 0 Å². The summed E-state index contributed by atoms with van der Waals surface area (Å²) < 4.78 is 0. The molecule has 3 rings (SSSR count). The van der Waals surface area contributed by atoms with Crippen LogP contribution in [0.1, 0.15) is 20.3 Å². The molecule has 1 aliphatic heterocycles. The fourth-order valence-electron chi connectivity index (χ4n) is 3.69. The highest BCUT2D eigenvalue weighted by Gasteiger charge is 2.24. The summed E-state index contributed by atoms with van der Waals surface area (Å²) in [4.78, 5) is 19.4. The predicted molar refractivity (Wildman–Crippen MR) is 109 cm³/mol. The highest BCUT2D eigenvalue weighted by Crippen LogP contribution is 2.20. The molecule has 1 amide bonds. The van der Waals surface area contributed by atoms with Crippen molar-refractivity contribution in [2.75, 3.05) is 42.5 Å². The van der Waals surface area contributed by atoms with Gasteiger partial charge in [-0.1, -0.05) is 43.3 Å². The zero-order valence-corrected chi connectivity index (χ0v) is 15.8. The van der Waals surface area contributed by atoms with Gasteiger partial charge in [-0.15, -0.1) is 0 Å². The van der Waals surface area contributed by atoms with Gasteiger partial charge in [0.25, 0.3) is 0 Å². The van der Waals surface area contributed by atoms with Crippen molar-refractivity contribution >= 4 is 17.3 Å². The van der Waals surface area contributed by atoms with Crippen molar-refractivity contribution in [3.63, 3.8) is 0 Å². The average molecular weight is 351 g/mol. The number of benzene rings is 2. The van der Waals surface area contributed by atoms with Crippen LogP contribution in [0.4, 0.5) is 11.4 Å². The molecule has 0 aliphatic carbocycles. The molecule has 0 N–H and O–H groups in total. The molecule has 1 saturated heterocycles. The van der Waals surface area contributed by atoms with Crippen LogP contribution in [0.2, 0.25) is 0 Å². The average Bonchev–Trinajstić information content (AvgIpc) is 2.70. The minimum absolute atomic E-state index is 0.160. The molecule has 4 heteroatoms. The van der Waals surface area contributed by atoms with Gasteiger partial charge in [-0.2, -0.15) is 0 Å². The predicted octanol–water partition coefficient (Wildman–Crippen LogP) is 3.64. The van der Waals surface area contributed by atoms with Gasteiger partial charge in [-0.05, 0) is 31.2 Å². The van der Waals surface area contributed by atoms with Gasteiger partial charge in [0, 0.05) is 56.6 Å². The Labute approximate surface area is 157 Å². The number of carbonyl (C=O) groups excluding carboxylic acids is 1. The van der Waals surface area contributed by atoms with Crippen LogP contribution in [0.15, 0.2) is 60.7 Å². The Morgan fingerprint density at radius 3 is 2.12 bits per heavy atom. The first kappa shape index (κ1) is 18.5. The maximum absolute atomic E-state index is 12.5.